The number of benzene rings is 1. The van der Waals surface area contributed by atoms with Crippen LogP contribution >= 0.6 is 11.3 Å². The highest BCUT2D eigenvalue weighted by Gasteiger charge is 2.28. The molecule has 0 bridgehead atoms. The second-order valence-corrected chi connectivity index (χ2v) is 7.64. The number of amides is 2. The Hall–Kier alpha value is -2.45. The van der Waals surface area contributed by atoms with Gasteiger partial charge in [0.15, 0.2) is 6.61 Å². The fraction of sp³-hybridized carbons (Fsp3) is 0.450. The molecule has 2 heterocycles. The largest absolute Gasteiger partial charge is 0.482 e. The number of carbonyl (C=O) groups is 2. The number of nitrogens with zero attached hydrogens (tertiary/aromatic N) is 2. The van der Waals surface area contributed by atoms with Crippen molar-refractivity contribution < 1.29 is 19.1 Å². The predicted molar refractivity (Wildman–Crippen MR) is 109 cm³/mol. The first-order valence-electron chi connectivity index (χ1n) is 9.32. The molecule has 1 aromatic carbocycles. The number of methoxy groups -OCH3 is 1. The summed E-state index contributed by atoms with van der Waals surface area (Å²) < 4.78 is 10.6. The highest BCUT2D eigenvalue weighted by Crippen LogP contribution is 2.36. The molecule has 0 fully saturated rings. The molecule has 1 aromatic heterocycles. The molecule has 0 spiro atoms. The van der Waals surface area contributed by atoms with Crippen LogP contribution in [0.3, 0.4) is 0 Å². The zero-order valence-corrected chi connectivity index (χ0v) is 17.2. The lowest BCUT2D eigenvalue weighted by molar-refractivity contribution is -0.125. The van der Waals surface area contributed by atoms with Gasteiger partial charge in [0.25, 0.3) is 5.91 Å². The highest BCUT2D eigenvalue weighted by molar-refractivity contribution is 7.09. The van der Waals surface area contributed by atoms with Crippen LogP contribution in [0.4, 0.5) is 5.69 Å². The van der Waals surface area contributed by atoms with Gasteiger partial charge in [0.1, 0.15) is 12.3 Å². The quantitative estimate of drug-likeness (QED) is 0.733. The van der Waals surface area contributed by atoms with Crippen molar-refractivity contribution in [3.05, 3.63) is 28.6 Å². The number of carbonyl (C=O) groups excluding carboxylic acids is 2. The van der Waals surface area contributed by atoms with Crippen molar-refractivity contribution in [3.63, 3.8) is 0 Å². The highest BCUT2D eigenvalue weighted by atomic mass is 32.1. The normalized spacial score (nSPS) is 14.4. The molecule has 1 aliphatic heterocycles. The van der Waals surface area contributed by atoms with E-state index in [0.29, 0.717) is 18.0 Å². The number of fused-ring (bicyclic) bond motifs is 1. The molecular weight excluding hydrogens is 378 g/mol. The van der Waals surface area contributed by atoms with E-state index in [1.807, 2.05) is 37.4 Å². The fourth-order valence-electron chi connectivity index (χ4n) is 2.85. The molecule has 3 rings (SSSR count). The third-order valence-electron chi connectivity index (χ3n) is 4.59. The summed E-state index contributed by atoms with van der Waals surface area (Å²) >= 11 is 1.58. The number of hydrogen-bond donors (Lipinski definition) is 1. The molecule has 150 valence electrons. The van der Waals surface area contributed by atoms with Gasteiger partial charge in [-0.2, -0.15) is 0 Å². The first kappa shape index (κ1) is 20.3. The van der Waals surface area contributed by atoms with Crippen LogP contribution in [0.1, 0.15) is 25.3 Å². The molecule has 2 aromatic rings. The van der Waals surface area contributed by atoms with Crippen molar-refractivity contribution in [1.29, 1.82) is 0 Å². The Bertz CT molecular complexity index is 852. The zero-order valence-electron chi connectivity index (χ0n) is 16.4. The van der Waals surface area contributed by atoms with E-state index in [4.69, 9.17) is 9.47 Å². The summed E-state index contributed by atoms with van der Waals surface area (Å²) in [6, 6.07) is 5.67. The van der Waals surface area contributed by atoms with Crippen LogP contribution in [0.2, 0.25) is 0 Å². The van der Waals surface area contributed by atoms with Gasteiger partial charge in [-0.05, 0) is 31.5 Å². The molecule has 1 unspecified atom stereocenters. The minimum atomic E-state index is -0.233. The minimum Gasteiger partial charge on any atom is -0.482 e. The Morgan fingerprint density at radius 2 is 2.29 bits per heavy atom. The zero-order chi connectivity index (χ0) is 20.1. The average molecular weight is 404 g/mol. The van der Waals surface area contributed by atoms with Gasteiger partial charge >= 0.3 is 0 Å². The van der Waals surface area contributed by atoms with E-state index in [0.717, 1.165) is 29.1 Å². The minimum absolute atomic E-state index is 0.0286. The molecule has 0 saturated carbocycles. The van der Waals surface area contributed by atoms with Gasteiger partial charge in [-0.25, -0.2) is 4.98 Å². The Morgan fingerprint density at radius 3 is 3.04 bits per heavy atom. The third-order valence-corrected chi connectivity index (χ3v) is 5.50. The Balaban J connectivity index is 1.83. The second kappa shape index (κ2) is 9.16. The third kappa shape index (κ3) is 4.69. The molecule has 28 heavy (non-hydrogen) atoms. The molecule has 1 N–H and O–H groups in total. The van der Waals surface area contributed by atoms with E-state index < -0.39 is 0 Å². The van der Waals surface area contributed by atoms with E-state index in [9.17, 15) is 9.59 Å². The van der Waals surface area contributed by atoms with E-state index in [1.54, 1.807) is 18.4 Å². The summed E-state index contributed by atoms with van der Waals surface area (Å²) in [5.41, 5.74) is 2.31. The second-order valence-electron chi connectivity index (χ2n) is 6.70. The molecule has 1 atom stereocenters. The van der Waals surface area contributed by atoms with Crippen LogP contribution in [0, 0.1) is 0 Å². The van der Waals surface area contributed by atoms with E-state index in [2.05, 4.69) is 10.3 Å². The number of thiazole rings is 1. The summed E-state index contributed by atoms with van der Waals surface area (Å²) in [6.45, 7) is 4.47. The standard InChI is InChI=1S/C20H25N3O4S/c1-4-13(2)21-18(24)10-23-16-9-14(5-6-17(16)27-11-20(23)25)15-12-28-19(22-15)7-8-26-3/h5-6,9,12-13H,4,7-8,10-11H2,1-3H3,(H,21,24). The number of anilines is 1. The summed E-state index contributed by atoms with van der Waals surface area (Å²) in [7, 11) is 1.67. The van der Waals surface area contributed by atoms with Crippen LogP contribution in [-0.4, -0.2) is 49.7 Å². The monoisotopic (exact) mass is 403 g/mol. The Labute approximate surface area is 168 Å². The number of hydrogen-bond acceptors (Lipinski definition) is 6. The summed E-state index contributed by atoms with van der Waals surface area (Å²) in [5.74, 6) is 0.175. The molecule has 8 heteroatoms. The maximum absolute atomic E-state index is 12.4. The van der Waals surface area contributed by atoms with Gasteiger partial charge in [0.2, 0.25) is 5.91 Å². The molecule has 0 radical (unpaired) electrons. The van der Waals surface area contributed by atoms with Crippen molar-refractivity contribution >= 4 is 28.8 Å². The Kier molecular flexibility index (Phi) is 6.64. The summed E-state index contributed by atoms with van der Waals surface area (Å²) in [5, 5.41) is 5.88. The number of rotatable bonds is 8. The van der Waals surface area contributed by atoms with Crippen LogP contribution in [-0.2, 0) is 20.7 Å². The van der Waals surface area contributed by atoms with Crippen molar-refractivity contribution in [2.45, 2.75) is 32.7 Å². The predicted octanol–water partition coefficient (Wildman–Crippen LogP) is 2.64. The van der Waals surface area contributed by atoms with Crippen LogP contribution in [0.25, 0.3) is 11.3 Å². The number of aromatic nitrogens is 1. The topological polar surface area (TPSA) is 80.8 Å². The van der Waals surface area contributed by atoms with Crippen molar-refractivity contribution in [2.75, 3.05) is 31.8 Å². The van der Waals surface area contributed by atoms with Gasteiger partial charge in [0, 0.05) is 30.5 Å². The van der Waals surface area contributed by atoms with Crippen molar-refractivity contribution in [3.8, 4) is 17.0 Å². The molecule has 0 saturated heterocycles. The van der Waals surface area contributed by atoms with Gasteiger partial charge in [0.05, 0.1) is 23.0 Å². The van der Waals surface area contributed by atoms with Crippen molar-refractivity contribution in [2.24, 2.45) is 0 Å². The smallest absolute Gasteiger partial charge is 0.265 e. The first-order valence-corrected chi connectivity index (χ1v) is 10.2. The molecule has 1 aliphatic rings. The summed E-state index contributed by atoms with van der Waals surface area (Å²) in [4.78, 5) is 30.9. The molecular formula is C20H25N3O4S. The van der Waals surface area contributed by atoms with Crippen LogP contribution in [0.5, 0.6) is 5.75 Å². The maximum atomic E-state index is 12.4. The first-order chi connectivity index (χ1) is 13.5. The van der Waals surface area contributed by atoms with Gasteiger partial charge in [-0.1, -0.05) is 6.92 Å². The molecule has 2 amide bonds. The van der Waals surface area contributed by atoms with Crippen LogP contribution in [0.15, 0.2) is 23.6 Å². The van der Waals surface area contributed by atoms with Gasteiger partial charge in [-0.3, -0.25) is 14.5 Å². The van der Waals surface area contributed by atoms with E-state index >= 15 is 0 Å². The summed E-state index contributed by atoms with van der Waals surface area (Å²) in [6.07, 6.45) is 1.59. The lowest BCUT2D eigenvalue weighted by atomic mass is 10.1. The molecule has 7 nitrogen and oxygen atoms in total. The van der Waals surface area contributed by atoms with E-state index in [-0.39, 0.29) is 31.0 Å². The fourth-order valence-corrected chi connectivity index (χ4v) is 3.64. The average Bonchev–Trinajstić information content (AvgIpc) is 3.17. The number of nitrogens with one attached hydrogen (secondary N) is 1. The van der Waals surface area contributed by atoms with Gasteiger partial charge in [-0.15, -0.1) is 11.3 Å². The molecule has 0 aliphatic carbocycles. The van der Waals surface area contributed by atoms with Crippen LogP contribution < -0.4 is 15.0 Å². The van der Waals surface area contributed by atoms with E-state index in [1.165, 1.54) is 4.90 Å². The van der Waals surface area contributed by atoms with Crippen molar-refractivity contribution in [1.82, 2.24) is 10.3 Å². The van der Waals surface area contributed by atoms with Gasteiger partial charge < -0.3 is 14.8 Å². The lowest BCUT2D eigenvalue weighted by Crippen LogP contribution is -2.46. The number of ether oxygens (including phenoxy) is 2. The lowest BCUT2D eigenvalue weighted by Gasteiger charge is -2.29. The Morgan fingerprint density at radius 1 is 1.46 bits per heavy atom. The maximum Gasteiger partial charge on any atom is 0.265 e. The SMILES string of the molecule is CCC(C)NC(=O)CN1C(=O)COc2ccc(-c3csc(CCOC)n3)cc21.